The Bertz CT molecular complexity index is 179. The molecule has 1 aliphatic rings. The van der Waals surface area contributed by atoms with Crippen LogP contribution in [0.5, 0.6) is 0 Å². The van der Waals surface area contributed by atoms with Gasteiger partial charge in [-0.3, -0.25) is 0 Å². The fourth-order valence-corrected chi connectivity index (χ4v) is 2.57. The van der Waals surface area contributed by atoms with Gasteiger partial charge in [-0.1, -0.05) is 22.4 Å². The molecule has 0 saturated heterocycles. The maximum Gasteiger partial charge on any atom is 0.0847 e. The molecule has 0 aliphatic heterocycles. The number of halogens is 3. The van der Waals surface area contributed by atoms with Crippen LogP contribution in [-0.4, -0.2) is 42.5 Å². The first-order valence-corrected chi connectivity index (χ1v) is 7.71. The van der Waals surface area contributed by atoms with Crippen molar-refractivity contribution >= 4 is 39.1 Å². The summed E-state index contributed by atoms with van der Waals surface area (Å²) in [4.78, 5) is 0.110. The van der Waals surface area contributed by atoms with Crippen LogP contribution in [0.25, 0.3) is 0 Å². The first-order chi connectivity index (χ1) is 7.77. The molecule has 0 aromatic carbocycles. The molecule has 96 valence electrons. The summed E-state index contributed by atoms with van der Waals surface area (Å²) >= 11 is 14.9. The molecule has 0 radical (unpaired) electrons. The Morgan fingerprint density at radius 3 is 2.44 bits per heavy atom. The predicted molar refractivity (Wildman–Crippen MR) is 72.1 cm³/mol. The van der Waals surface area contributed by atoms with Gasteiger partial charge < -0.3 is 9.47 Å². The van der Waals surface area contributed by atoms with E-state index in [9.17, 15) is 0 Å². The minimum Gasteiger partial charge on any atom is -0.379 e. The maximum atomic E-state index is 5.78. The highest BCUT2D eigenvalue weighted by atomic mass is 79.9. The van der Waals surface area contributed by atoms with Crippen molar-refractivity contribution in [1.82, 2.24) is 0 Å². The van der Waals surface area contributed by atoms with Gasteiger partial charge >= 0.3 is 0 Å². The van der Waals surface area contributed by atoms with Crippen molar-refractivity contribution in [2.24, 2.45) is 5.92 Å². The van der Waals surface area contributed by atoms with E-state index >= 15 is 0 Å². The second kappa shape index (κ2) is 8.98. The molecule has 1 rings (SSSR count). The van der Waals surface area contributed by atoms with Gasteiger partial charge in [0, 0.05) is 18.4 Å². The normalized spacial score (nSPS) is 20.4. The molecule has 0 aromatic rings. The summed E-state index contributed by atoms with van der Waals surface area (Å²) in [6.45, 7) is 2.11. The molecule has 0 spiro atoms. The zero-order valence-electron chi connectivity index (χ0n) is 9.34. The lowest BCUT2D eigenvalue weighted by Gasteiger charge is -2.25. The van der Waals surface area contributed by atoms with Crippen molar-refractivity contribution in [1.29, 1.82) is 0 Å². The summed E-state index contributed by atoms with van der Waals surface area (Å²) in [7, 11) is 0. The lowest BCUT2D eigenvalue weighted by atomic mass is 9.86. The van der Waals surface area contributed by atoms with Crippen LogP contribution in [0.1, 0.15) is 19.3 Å². The van der Waals surface area contributed by atoms with Crippen molar-refractivity contribution in [2.45, 2.75) is 30.2 Å². The van der Waals surface area contributed by atoms with Gasteiger partial charge in [-0.25, -0.2) is 0 Å². The average molecular weight is 334 g/mol. The molecule has 0 bridgehead atoms. The number of hydrogen-bond acceptors (Lipinski definition) is 2. The second-order valence-electron chi connectivity index (χ2n) is 4.11. The molecule has 1 aliphatic carbocycles. The molecule has 2 atom stereocenters. The van der Waals surface area contributed by atoms with Gasteiger partial charge in [-0.15, -0.1) is 23.2 Å². The van der Waals surface area contributed by atoms with Crippen LogP contribution in [0.15, 0.2) is 0 Å². The van der Waals surface area contributed by atoms with Gasteiger partial charge in [0.15, 0.2) is 0 Å². The minimum absolute atomic E-state index is 0.0357. The zero-order valence-corrected chi connectivity index (χ0v) is 12.4. The molecule has 1 saturated carbocycles. The minimum atomic E-state index is -0.0357. The highest BCUT2D eigenvalue weighted by molar-refractivity contribution is 9.09. The van der Waals surface area contributed by atoms with E-state index in [1.807, 2.05) is 0 Å². The van der Waals surface area contributed by atoms with E-state index in [4.69, 9.17) is 32.7 Å². The molecular formula is C11H19BrCl2O2. The van der Waals surface area contributed by atoms with Crippen molar-refractivity contribution in [3.63, 3.8) is 0 Å². The van der Waals surface area contributed by atoms with Gasteiger partial charge in [-0.2, -0.15) is 0 Å². The third kappa shape index (κ3) is 5.54. The number of hydrogen-bond donors (Lipinski definition) is 0. The topological polar surface area (TPSA) is 18.5 Å². The molecular weight excluding hydrogens is 315 g/mol. The third-order valence-electron chi connectivity index (χ3n) is 2.84. The van der Waals surface area contributed by atoms with Crippen molar-refractivity contribution in [3.8, 4) is 0 Å². The van der Waals surface area contributed by atoms with Crippen LogP contribution in [0.2, 0.25) is 0 Å². The van der Waals surface area contributed by atoms with E-state index in [1.54, 1.807) is 0 Å². The van der Waals surface area contributed by atoms with Gasteiger partial charge in [0.2, 0.25) is 0 Å². The number of ether oxygens (including phenoxy) is 2. The van der Waals surface area contributed by atoms with Crippen molar-refractivity contribution in [2.75, 3.05) is 31.6 Å². The Balaban J connectivity index is 1.95. The fraction of sp³-hybridized carbons (Fsp3) is 1.00. The van der Waals surface area contributed by atoms with E-state index in [1.165, 1.54) is 19.3 Å². The Morgan fingerprint density at radius 1 is 1.19 bits per heavy atom. The zero-order chi connectivity index (χ0) is 11.8. The van der Waals surface area contributed by atoms with E-state index in [2.05, 4.69) is 15.9 Å². The lowest BCUT2D eigenvalue weighted by molar-refractivity contribution is -0.00180. The molecule has 2 nitrogen and oxygen atoms in total. The predicted octanol–water partition coefficient (Wildman–Crippen LogP) is 3.43. The highest BCUT2D eigenvalue weighted by Gasteiger charge is 2.18. The maximum absolute atomic E-state index is 5.78. The summed E-state index contributed by atoms with van der Waals surface area (Å²) in [5, 5.41) is 0. The summed E-state index contributed by atoms with van der Waals surface area (Å²) in [6, 6.07) is 0. The standard InChI is InChI=1S/C11H19BrCl2O2/c12-10(6-13)11(7-14)16-5-4-15-8-9-2-1-3-9/h9-11H,1-8H2. The summed E-state index contributed by atoms with van der Waals surface area (Å²) < 4.78 is 11.1. The first-order valence-electron chi connectivity index (χ1n) is 5.73. The summed E-state index contributed by atoms with van der Waals surface area (Å²) in [6.07, 6.45) is 3.97. The largest absolute Gasteiger partial charge is 0.379 e. The van der Waals surface area contributed by atoms with E-state index < -0.39 is 0 Å². The van der Waals surface area contributed by atoms with Crippen LogP contribution in [0, 0.1) is 5.92 Å². The van der Waals surface area contributed by atoms with Gasteiger partial charge in [0.25, 0.3) is 0 Å². The lowest BCUT2D eigenvalue weighted by Crippen LogP contribution is -2.29. The Morgan fingerprint density at radius 2 is 1.94 bits per heavy atom. The fourth-order valence-electron chi connectivity index (χ4n) is 1.51. The van der Waals surface area contributed by atoms with Gasteiger partial charge in [0.1, 0.15) is 0 Å². The Hall–Kier alpha value is 0.980. The molecule has 0 aromatic heterocycles. The number of alkyl halides is 3. The quantitative estimate of drug-likeness (QED) is 0.475. The van der Waals surface area contributed by atoms with E-state index in [0.29, 0.717) is 25.0 Å². The van der Waals surface area contributed by atoms with E-state index in [0.717, 1.165) is 12.5 Å². The molecule has 2 unspecified atom stereocenters. The average Bonchev–Trinajstić information content (AvgIpc) is 2.25. The monoisotopic (exact) mass is 332 g/mol. The van der Waals surface area contributed by atoms with Gasteiger partial charge in [0.05, 0.1) is 24.1 Å². The molecule has 0 amide bonds. The summed E-state index contributed by atoms with van der Waals surface area (Å²) in [5.74, 6) is 1.74. The highest BCUT2D eigenvalue weighted by Crippen LogP contribution is 2.26. The van der Waals surface area contributed by atoms with E-state index in [-0.39, 0.29) is 10.9 Å². The second-order valence-corrected chi connectivity index (χ2v) is 5.90. The molecule has 5 heteroatoms. The summed E-state index contributed by atoms with van der Waals surface area (Å²) in [5.41, 5.74) is 0. The van der Waals surface area contributed by atoms with Crippen LogP contribution < -0.4 is 0 Å². The molecule has 1 fully saturated rings. The van der Waals surface area contributed by atoms with Gasteiger partial charge in [-0.05, 0) is 18.8 Å². The van der Waals surface area contributed by atoms with Crippen molar-refractivity contribution < 1.29 is 9.47 Å². The molecule has 16 heavy (non-hydrogen) atoms. The number of rotatable bonds is 9. The van der Waals surface area contributed by atoms with Crippen molar-refractivity contribution in [3.05, 3.63) is 0 Å². The van der Waals surface area contributed by atoms with Crippen LogP contribution in [0.4, 0.5) is 0 Å². The Kier molecular flexibility index (Phi) is 8.44. The Labute approximate surface area is 116 Å². The molecule has 0 N–H and O–H groups in total. The molecule has 0 heterocycles. The SMILES string of the molecule is ClCC(Br)C(CCl)OCCOCC1CCC1. The van der Waals surface area contributed by atoms with Crippen LogP contribution in [-0.2, 0) is 9.47 Å². The smallest absolute Gasteiger partial charge is 0.0847 e. The van der Waals surface area contributed by atoms with Crippen LogP contribution in [0.3, 0.4) is 0 Å². The third-order valence-corrected chi connectivity index (χ3v) is 4.76. The first kappa shape index (κ1) is 15.0. The van der Waals surface area contributed by atoms with Crippen LogP contribution >= 0.6 is 39.1 Å².